The summed E-state index contributed by atoms with van der Waals surface area (Å²) >= 11 is 8.90. The van der Waals surface area contributed by atoms with Crippen LogP contribution in [0.1, 0.15) is 27.7 Å². The molecule has 3 aromatic carbocycles. The van der Waals surface area contributed by atoms with Gasteiger partial charge in [0.25, 0.3) is 15.9 Å². The van der Waals surface area contributed by atoms with E-state index in [0.717, 1.165) is 31.2 Å². The molecule has 8 nitrogen and oxygen atoms in total. The van der Waals surface area contributed by atoms with Crippen LogP contribution in [0.4, 0.5) is 10.7 Å². The first-order valence-corrected chi connectivity index (χ1v) is 16.1. The van der Waals surface area contributed by atoms with Crippen molar-refractivity contribution in [3.8, 4) is 10.6 Å². The topological polar surface area (TPSA) is 108 Å². The molecular weight excluding hydrogens is 600 g/mol. The van der Waals surface area contributed by atoms with Crippen LogP contribution in [0.25, 0.3) is 20.8 Å². The standard InChI is InChI=1S/C29H23ClN4O4S3/c1-17(35)34-15-14-22-25(16-34)40-29(26(22)28-31-23-4-2-3-5-24(23)39-28)32-27(36)18-6-10-20(11-7-18)33-41(37,38)21-12-8-19(30)9-13-21/h2-13,33H,14-16H2,1H3,(H,32,36). The van der Waals surface area contributed by atoms with E-state index in [-0.39, 0.29) is 16.7 Å². The highest BCUT2D eigenvalue weighted by atomic mass is 35.5. The lowest BCUT2D eigenvalue weighted by atomic mass is 10.0. The quantitative estimate of drug-likeness (QED) is 0.221. The molecular formula is C29H23ClN4O4S3. The molecule has 2 aromatic heterocycles. The van der Waals surface area contributed by atoms with Crippen LogP contribution in [-0.2, 0) is 27.8 Å². The number of nitrogens with zero attached hydrogens (tertiary/aromatic N) is 2. The summed E-state index contributed by atoms with van der Waals surface area (Å²) in [5.41, 5.74) is 3.58. The highest BCUT2D eigenvalue weighted by molar-refractivity contribution is 7.92. The summed E-state index contributed by atoms with van der Waals surface area (Å²) in [6.07, 6.45) is 0.676. The fourth-order valence-electron chi connectivity index (χ4n) is 4.66. The normalized spacial score (nSPS) is 13.2. The van der Waals surface area contributed by atoms with E-state index in [2.05, 4.69) is 10.0 Å². The first-order chi connectivity index (χ1) is 19.7. The fraction of sp³-hybridized carbons (Fsp3) is 0.138. The third kappa shape index (κ3) is 5.58. The monoisotopic (exact) mass is 622 g/mol. The summed E-state index contributed by atoms with van der Waals surface area (Å²) in [7, 11) is -3.81. The van der Waals surface area contributed by atoms with Gasteiger partial charge in [0, 0.05) is 40.2 Å². The zero-order valence-corrected chi connectivity index (χ0v) is 24.9. The van der Waals surface area contributed by atoms with E-state index in [9.17, 15) is 18.0 Å². The zero-order chi connectivity index (χ0) is 28.7. The van der Waals surface area contributed by atoms with Gasteiger partial charge in [0.05, 0.1) is 21.7 Å². The maximum Gasteiger partial charge on any atom is 0.261 e. The Morgan fingerprint density at radius 1 is 0.976 bits per heavy atom. The van der Waals surface area contributed by atoms with Crippen molar-refractivity contribution >= 4 is 77.0 Å². The number of hydrogen-bond acceptors (Lipinski definition) is 7. The molecule has 12 heteroatoms. The van der Waals surface area contributed by atoms with Gasteiger partial charge in [-0.1, -0.05) is 23.7 Å². The van der Waals surface area contributed by atoms with E-state index >= 15 is 0 Å². The molecule has 3 heterocycles. The van der Waals surface area contributed by atoms with Gasteiger partial charge in [0.15, 0.2) is 0 Å². The number of sulfonamides is 1. The molecule has 1 aliphatic rings. The van der Waals surface area contributed by atoms with Crippen LogP contribution in [0.15, 0.2) is 77.7 Å². The van der Waals surface area contributed by atoms with Crippen LogP contribution in [0.2, 0.25) is 5.02 Å². The molecule has 6 rings (SSSR count). The zero-order valence-electron chi connectivity index (χ0n) is 21.7. The largest absolute Gasteiger partial charge is 0.337 e. The van der Waals surface area contributed by atoms with E-state index in [1.165, 1.54) is 35.6 Å². The molecule has 41 heavy (non-hydrogen) atoms. The smallest absolute Gasteiger partial charge is 0.261 e. The molecule has 2 amide bonds. The van der Waals surface area contributed by atoms with Gasteiger partial charge in [-0.05, 0) is 72.6 Å². The Balaban J connectivity index is 1.27. The lowest BCUT2D eigenvalue weighted by Gasteiger charge is -2.26. The van der Waals surface area contributed by atoms with E-state index in [0.29, 0.717) is 40.8 Å². The second-order valence-electron chi connectivity index (χ2n) is 9.48. The molecule has 0 saturated heterocycles. The average molecular weight is 623 g/mol. The predicted molar refractivity (Wildman–Crippen MR) is 164 cm³/mol. The molecule has 5 aromatic rings. The lowest BCUT2D eigenvalue weighted by Crippen LogP contribution is -2.33. The number of amides is 2. The maximum atomic E-state index is 13.4. The number of halogens is 1. The number of thiophene rings is 1. The first kappa shape index (κ1) is 27.4. The van der Waals surface area contributed by atoms with Gasteiger partial charge in [-0.2, -0.15) is 0 Å². The fourth-order valence-corrected chi connectivity index (χ4v) is 8.21. The summed E-state index contributed by atoms with van der Waals surface area (Å²) in [5.74, 6) is -0.315. The molecule has 0 aliphatic carbocycles. The second-order valence-corrected chi connectivity index (χ2v) is 13.7. The van der Waals surface area contributed by atoms with Gasteiger partial charge < -0.3 is 10.2 Å². The van der Waals surface area contributed by atoms with Crippen molar-refractivity contribution in [1.82, 2.24) is 9.88 Å². The number of rotatable bonds is 6. The molecule has 0 bridgehead atoms. The molecule has 0 unspecified atom stereocenters. The number of para-hydroxylation sites is 1. The Labute approximate surface area is 249 Å². The first-order valence-electron chi connectivity index (χ1n) is 12.6. The number of carbonyl (C=O) groups is 2. The van der Waals surface area contributed by atoms with Gasteiger partial charge in [-0.25, -0.2) is 13.4 Å². The van der Waals surface area contributed by atoms with Crippen molar-refractivity contribution in [2.24, 2.45) is 0 Å². The van der Waals surface area contributed by atoms with Gasteiger partial charge in [-0.3, -0.25) is 14.3 Å². The van der Waals surface area contributed by atoms with Crippen LogP contribution >= 0.6 is 34.3 Å². The van der Waals surface area contributed by atoms with Crippen molar-refractivity contribution in [1.29, 1.82) is 0 Å². The van der Waals surface area contributed by atoms with Crippen LogP contribution in [0, 0.1) is 0 Å². The summed E-state index contributed by atoms with van der Waals surface area (Å²) in [6, 6.07) is 20.0. The summed E-state index contributed by atoms with van der Waals surface area (Å²) < 4.78 is 29.0. The Morgan fingerprint density at radius 2 is 1.71 bits per heavy atom. The van der Waals surface area contributed by atoms with Crippen LogP contribution in [0.3, 0.4) is 0 Å². The van der Waals surface area contributed by atoms with E-state index < -0.39 is 10.0 Å². The maximum absolute atomic E-state index is 13.4. The van der Waals surface area contributed by atoms with Crippen LogP contribution in [0.5, 0.6) is 0 Å². The number of fused-ring (bicyclic) bond motifs is 2. The second kappa shape index (κ2) is 10.9. The Hall–Kier alpha value is -3.77. The minimum absolute atomic E-state index is 0.0166. The van der Waals surface area contributed by atoms with E-state index in [4.69, 9.17) is 16.6 Å². The van der Waals surface area contributed by atoms with Crippen LogP contribution in [-0.4, -0.2) is 36.7 Å². The van der Waals surface area contributed by atoms with Crippen molar-refractivity contribution < 1.29 is 18.0 Å². The Morgan fingerprint density at radius 3 is 2.41 bits per heavy atom. The third-order valence-electron chi connectivity index (χ3n) is 6.76. The number of aromatic nitrogens is 1. The molecule has 1 aliphatic heterocycles. The molecule has 0 fully saturated rings. The predicted octanol–water partition coefficient (Wildman–Crippen LogP) is 6.64. The van der Waals surface area contributed by atoms with Crippen molar-refractivity contribution in [3.63, 3.8) is 0 Å². The average Bonchev–Trinajstić information content (AvgIpc) is 3.53. The Bertz CT molecular complexity index is 1870. The minimum Gasteiger partial charge on any atom is -0.337 e. The van der Waals surface area contributed by atoms with Gasteiger partial charge in [-0.15, -0.1) is 22.7 Å². The van der Waals surface area contributed by atoms with Gasteiger partial charge in [0.1, 0.15) is 10.0 Å². The number of carbonyl (C=O) groups excluding carboxylic acids is 2. The minimum atomic E-state index is -3.81. The van der Waals surface area contributed by atoms with Crippen LogP contribution < -0.4 is 10.0 Å². The molecule has 0 spiro atoms. The van der Waals surface area contributed by atoms with Crippen molar-refractivity contribution in [2.75, 3.05) is 16.6 Å². The highest BCUT2D eigenvalue weighted by Gasteiger charge is 2.29. The summed E-state index contributed by atoms with van der Waals surface area (Å²) in [4.78, 5) is 33.2. The van der Waals surface area contributed by atoms with E-state index in [1.54, 1.807) is 47.4 Å². The molecule has 0 radical (unpaired) electrons. The summed E-state index contributed by atoms with van der Waals surface area (Å²) in [5, 5.41) is 5.00. The highest BCUT2D eigenvalue weighted by Crippen LogP contribution is 2.45. The van der Waals surface area contributed by atoms with Crippen molar-refractivity contribution in [2.45, 2.75) is 24.8 Å². The number of nitrogens with one attached hydrogen (secondary N) is 2. The lowest BCUT2D eigenvalue weighted by molar-refractivity contribution is -0.129. The Kier molecular flexibility index (Phi) is 7.28. The molecule has 0 atom stereocenters. The van der Waals surface area contributed by atoms with Crippen molar-refractivity contribution in [3.05, 3.63) is 93.8 Å². The molecule has 208 valence electrons. The number of thiazole rings is 1. The number of benzene rings is 3. The van der Waals surface area contributed by atoms with E-state index in [1.807, 2.05) is 24.3 Å². The summed E-state index contributed by atoms with van der Waals surface area (Å²) in [6.45, 7) is 2.66. The van der Waals surface area contributed by atoms with Gasteiger partial charge in [0.2, 0.25) is 5.91 Å². The molecule has 0 saturated carbocycles. The number of anilines is 2. The third-order valence-corrected chi connectivity index (χ3v) is 10.6. The molecule has 2 N–H and O–H groups in total. The number of hydrogen-bond donors (Lipinski definition) is 2. The SMILES string of the molecule is CC(=O)N1CCc2c(sc(NC(=O)c3ccc(NS(=O)(=O)c4ccc(Cl)cc4)cc3)c2-c2nc3ccccc3s2)C1. The van der Waals surface area contributed by atoms with Gasteiger partial charge >= 0.3 is 0 Å².